The summed E-state index contributed by atoms with van der Waals surface area (Å²) in [6.45, 7) is 1.46. The molecule has 118 valence electrons. The lowest BCUT2D eigenvalue weighted by Gasteiger charge is -2.32. The van der Waals surface area contributed by atoms with Crippen molar-refractivity contribution in [1.29, 1.82) is 0 Å². The summed E-state index contributed by atoms with van der Waals surface area (Å²) in [6, 6.07) is 3.65. The van der Waals surface area contributed by atoms with Crippen molar-refractivity contribution in [3.63, 3.8) is 0 Å². The van der Waals surface area contributed by atoms with Crippen LogP contribution in [-0.2, 0) is 16.1 Å². The van der Waals surface area contributed by atoms with Gasteiger partial charge in [0, 0.05) is 39.1 Å². The first kappa shape index (κ1) is 14.8. The van der Waals surface area contributed by atoms with Gasteiger partial charge in [-0.1, -0.05) is 6.07 Å². The van der Waals surface area contributed by atoms with Crippen molar-refractivity contribution in [3.8, 4) is 0 Å². The van der Waals surface area contributed by atoms with E-state index >= 15 is 0 Å². The van der Waals surface area contributed by atoms with Gasteiger partial charge in [-0.3, -0.25) is 9.78 Å². The number of fused-ring (bicyclic) bond motifs is 2. The highest BCUT2D eigenvalue weighted by Crippen LogP contribution is 2.32. The minimum Gasteiger partial charge on any atom is -0.370 e. The van der Waals surface area contributed by atoms with E-state index in [1.165, 1.54) is 0 Å². The second-order valence-corrected chi connectivity index (χ2v) is 5.68. The fourth-order valence-electron chi connectivity index (χ4n) is 3.08. The van der Waals surface area contributed by atoms with Crippen LogP contribution in [0.5, 0.6) is 0 Å². The predicted molar refractivity (Wildman–Crippen MR) is 78.9 cm³/mol. The van der Waals surface area contributed by atoms with Crippen LogP contribution in [0.3, 0.4) is 0 Å². The van der Waals surface area contributed by atoms with Crippen molar-refractivity contribution in [3.05, 3.63) is 30.1 Å². The molecular formula is C15H20N4O3. The van der Waals surface area contributed by atoms with Crippen LogP contribution in [0.4, 0.5) is 4.79 Å². The second kappa shape index (κ2) is 6.31. The standard InChI is InChI=1S/C15H20N4O3/c1-16-15(21)19-8-11-5-12(13(9-19)22-11)14(20)18-7-10-3-2-4-17-6-10/h2-4,6,11-13H,5,7-9H2,1H3,(H,16,21)(H,18,20)/t11-,12-,13-/m0/s1. The van der Waals surface area contributed by atoms with E-state index in [0.717, 1.165) is 5.56 Å². The zero-order valence-electron chi connectivity index (χ0n) is 12.5. The van der Waals surface area contributed by atoms with Crippen molar-refractivity contribution in [2.75, 3.05) is 20.1 Å². The smallest absolute Gasteiger partial charge is 0.317 e. The first-order chi connectivity index (χ1) is 10.7. The van der Waals surface area contributed by atoms with Crippen LogP contribution in [0.1, 0.15) is 12.0 Å². The van der Waals surface area contributed by atoms with Crippen LogP contribution < -0.4 is 10.6 Å². The predicted octanol–water partition coefficient (Wildman–Crippen LogP) is 0.127. The molecule has 2 saturated heterocycles. The van der Waals surface area contributed by atoms with Gasteiger partial charge < -0.3 is 20.3 Å². The van der Waals surface area contributed by atoms with Crippen LogP contribution >= 0.6 is 0 Å². The van der Waals surface area contributed by atoms with Gasteiger partial charge >= 0.3 is 6.03 Å². The lowest BCUT2D eigenvalue weighted by atomic mass is 9.99. The van der Waals surface area contributed by atoms with Gasteiger partial charge in [0.2, 0.25) is 5.91 Å². The van der Waals surface area contributed by atoms with Gasteiger partial charge in [-0.25, -0.2) is 4.79 Å². The summed E-state index contributed by atoms with van der Waals surface area (Å²) in [4.78, 5) is 29.8. The topological polar surface area (TPSA) is 83.6 Å². The molecule has 0 unspecified atom stereocenters. The molecule has 3 atom stereocenters. The Morgan fingerprint density at radius 1 is 1.45 bits per heavy atom. The molecule has 2 aliphatic heterocycles. The molecule has 2 fully saturated rings. The molecule has 7 nitrogen and oxygen atoms in total. The fraction of sp³-hybridized carbons (Fsp3) is 0.533. The fourth-order valence-corrected chi connectivity index (χ4v) is 3.08. The third-order valence-electron chi connectivity index (χ3n) is 4.18. The number of rotatable bonds is 3. The molecule has 0 radical (unpaired) electrons. The number of aromatic nitrogens is 1. The molecule has 7 heteroatoms. The quantitative estimate of drug-likeness (QED) is 0.831. The van der Waals surface area contributed by atoms with Crippen molar-refractivity contribution in [1.82, 2.24) is 20.5 Å². The summed E-state index contributed by atoms with van der Waals surface area (Å²) >= 11 is 0. The zero-order chi connectivity index (χ0) is 15.5. The summed E-state index contributed by atoms with van der Waals surface area (Å²) in [5.74, 6) is -0.216. The van der Waals surface area contributed by atoms with E-state index in [2.05, 4.69) is 15.6 Å². The molecule has 1 aromatic heterocycles. The van der Waals surface area contributed by atoms with Gasteiger partial charge in [-0.2, -0.15) is 0 Å². The summed E-state index contributed by atoms with van der Waals surface area (Å²) in [7, 11) is 1.61. The molecule has 0 saturated carbocycles. The Labute approximate surface area is 129 Å². The Bertz CT molecular complexity index is 551. The van der Waals surface area contributed by atoms with Crippen LogP contribution in [0, 0.1) is 5.92 Å². The van der Waals surface area contributed by atoms with Gasteiger partial charge in [-0.15, -0.1) is 0 Å². The number of likely N-dealkylation sites (tertiary alicyclic amines) is 1. The highest BCUT2D eigenvalue weighted by atomic mass is 16.5. The van der Waals surface area contributed by atoms with Crippen molar-refractivity contribution in [2.24, 2.45) is 5.92 Å². The van der Waals surface area contributed by atoms with E-state index in [4.69, 9.17) is 4.74 Å². The molecule has 3 amide bonds. The molecule has 3 rings (SSSR count). The summed E-state index contributed by atoms with van der Waals surface area (Å²) in [5.41, 5.74) is 0.963. The number of hydrogen-bond donors (Lipinski definition) is 2. The van der Waals surface area contributed by atoms with Crippen molar-refractivity contribution < 1.29 is 14.3 Å². The third-order valence-corrected chi connectivity index (χ3v) is 4.18. The number of carbonyl (C=O) groups excluding carboxylic acids is 2. The molecule has 0 aliphatic carbocycles. The summed E-state index contributed by atoms with van der Waals surface area (Å²) in [5, 5.41) is 5.55. The maximum atomic E-state index is 12.4. The largest absolute Gasteiger partial charge is 0.370 e. The average Bonchev–Trinajstić information content (AvgIpc) is 2.86. The number of hydrogen-bond acceptors (Lipinski definition) is 4. The van der Waals surface area contributed by atoms with E-state index in [1.54, 1.807) is 24.3 Å². The Morgan fingerprint density at radius 2 is 2.32 bits per heavy atom. The number of urea groups is 1. The Kier molecular flexibility index (Phi) is 4.24. The summed E-state index contributed by atoms with van der Waals surface area (Å²) in [6.07, 6.45) is 3.83. The molecule has 2 bridgehead atoms. The van der Waals surface area contributed by atoms with E-state index in [0.29, 0.717) is 26.1 Å². The maximum Gasteiger partial charge on any atom is 0.317 e. The number of amides is 3. The number of nitrogens with one attached hydrogen (secondary N) is 2. The lowest BCUT2D eigenvalue weighted by molar-refractivity contribution is -0.127. The highest BCUT2D eigenvalue weighted by Gasteiger charge is 2.45. The number of pyridine rings is 1. The molecule has 22 heavy (non-hydrogen) atoms. The van der Waals surface area contributed by atoms with Gasteiger partial charge in [0.25, 0.3) is 0 Å². The molecular weight excluding hydrogens is 284 g/mol. The van der Waals surface area contributed by atoms with Crippen molar-refractivity contribution in [2.45, 2.75) is 25.2 Å². The molecule has 2 aliphatic rings. The Morgan fingerprint density at radius 3 is 3.05 bits per heavy atom. The average molecular weight is 304 g/mol. The number of carbonyl (C=O) groups is 2. The second-order valence-electron chi connectivity index (χ2n) is 5.68. The van der Waals surface area contributed by atoms with Crippen LogP contribution in [0.15, 0.2) is 24.5 Å². The number of morpholine rings is 1. The third kappa shape index (κ3) is 3.04. The maximum absolute atomic E-state index is 12.4. The van der Waals surface area contributed by atoms with Gasteiger partial charge in [-0.05, 0) is 18.1 Å². The highest BCUT2D eigenvalue weighted by molar-refractivity contribution is 5.80. The molecule has 3 heterocycles. The SMILES string of the molecule is CNC(=O)N1C[C@@H]2C[C@H](C(=O)NCc3cccnc3)[C@H](C1)O2. The van der Waals surface area contributed by atoms with E-state index in [1.807, 2.05) is 12.1 Å². The van der Waals surface area contributed by atoms with Crippen LogP contribution in [0.2, 0.25) is 0 Å². The minimum absolute atomic E-state index is 0.0184. The van der Waals surface area contributed by atoms with E-state index in [-0.39, 0.29) is 30.1 Å². The minimum atomic E-state index is -0.218. The lowest BCUT2D eigenvalue weighted by Crippen LogP contribution is -2.50. The van der Waals surface area contributed by atoms with E-state index in [9.17, 15) is 9.59 Å². The molecule has 0 aromatic carbocycles. The van der Waals surface area contributed by atoms with Gasteiger partial charge in [0.05, 0.1) is 18.1 Å². The first-order valence-electron chi connectivity index (χ1n) is 7.46. The van der Waals surface area contributed by atoms with E-state index < -0.39 is 0 Å². The Balaban J connectivity index is 1.57. The number of ether oxygens (including phenoxy) is 1. The normalized spacial score (nSPS) is 26.6. The number of nitrogens with zero attached hydrogens (tertiary/aromatic N) is 2. The zero-order valence-corrected chi connectivity index (χ0v) is 12.5. The van der Waals surface area contributed by atoms with Gasteiger partial charge in [0.1, 0.15) is 0 Å². The van der Waals surface area contributed by atoms with Crippen LogP contribution in [0.25, 0.3) is 0 Å². The van der Waals surface area contributed by atoms with Crippen molar-refractivity contribution >= 4 is 11.9 Å². The first-order valence-corrected chi connectivity index (χ1v) is 7.46. The molecule has 1 aromatic rings. The van der Waals surface area contributed by atoms with Gasteiger partial charge in [0.15, 0.2) is 0 Å². The monoisotopic (exact) mass is 304 g/mol. The molecule has 2 N–H and O–H groups in total. The Hall–Kier alpha value is -2.15. The molecule has 0 spiro atoms. The summed E-state index contributed by atoms with van der Waals surface area (Å²) < 4.78 is 5.81. The van der Waals surface area contributed by atoms with Crippen LogP contribution in [-0.4, -0.2) is 54.2 Å².